The molecule has 4 rings (SSSR count). The number of aromatic nitrogens is 1. The lowest BCUT2D eigenvalue weighted by Gasteiger charge is -2.21. The van der Waals surface area contributed by atoms with E-state index in [1.165, 1.54) is 30.3 Å². The molecule has 0 amide bonds. The summed E-state index contributed by atoms with van der Waals surface area (Å²) in [6.45, 7) is 1.66. The van der Waals surface area contributed by atoms with Gasteiger partial charge in [-0.05, 0) is 67.1 Å². The van der Waals surface area contributed by atoms with E-state index in [0.717, 1.165) is 5.56 Å². The van der Waals surface area contributed by atoms with Gasteiger partial charge in [-0.15, -0.1) is 0 Å². The Morgan fingerprint density at radius 2 is 1.74 bits per heavy atom. The topological polar surface area (TPSA) is 122 Å². The molecule has 0 saturated heterocycles. The van der Waals surface area contributed by atoms with Gasteiger partial charge in [0, 0.05) is 28.8 Å². The molecule has 4 aromatic rings. The Balaban J connectivity index is 1.55. The summed E-state index contributed by atoms with van der Waals surface area (Å²) in [6, 6.07) is 20.3. The fourth-order valence-electron chi connectivity index (χ4n) is 3.49. The molecule has 0 saturated carbocycles. The van der Waals surface area contributed by atoms with Crippen LogP contribution in [0.25, 0.3) is 0 Å². The lowest BCUT2D eigenvalue weighted by molar-refractivity contribution is 0.0976. The molecule has 1 aromatic heterocycles. The summed E-state index contributed by atoms with van der Waals surface area (Å²) in [7, 11) is -3.86. The third kappa shape index (κ3) is 6.00. The number of sulfonamides is 1. The number of Topliss-reactive ketones (excluding diaryl/α,β-unsaturated/α-hetero) is 1. The monoisotopic (exact) mass is 511 g/mol. The second kappa shape index (κ2) is 10.2. The average Bonchev–Trinajstić information content (AvgIpc) is 3.23. The standard InChI is InChI=1S/C25H22ClN3O5S/c1-16-14-25(28-34-16)29-35(32,33)20-12-8-18(9-13-20)27-23(21-4-2-3-5-22(21)26)15-24(31)17-6-10-19(30)11-7-17/h2-14,23,27,30H,15H2,1H3,(H,28,29). The van der Waals surface area contributed by atoms with E-state index >= 15 is 0 Å². The first-order chi connectivity index (χ1) is 16.7. The van der Waals surface area contributed by atoms with Crippen LogP contribution in [0.2, 0.25) is 5.02 Å². The largest absolute Gasteiger partial charge is 0.508 e. The smallest absolute Gasteiger partial charge is 0.263 e. The second-order valence-electron chi connectivity index (χ2n) is 7.85. The Morgan fingerprint density at radius 3 is 2.37 bits per heavy atom. The number of aryl methyl sites for hydroxylation is 1. The molecule has 0 fully saturated rings. The molecule has 10 heteroatoms. The Bertz CT molecular complexity index is 1430. The molecule has 1 heterocycles. The molecule has 8 nitrogen and oxygen atoms in total. The maximum atomic E-state index is 12.9. The highest BCUT2D eigenvalue weighted by Crippen LogP contribution is 2.30. The number of benzene rings is 3. The van der Waals surface area contributed by atoms with Crippen molar-refractivity contribution in [3.8, 4) is 5.75 Å². The molecule has 180 valence electrons. The zero-order chi connectivity index (χ0) is 25.0. The van der Waals surface area contributed by atoms with Crippen LogP contribution in [0.4, 0.5) is 11.5 Å². The van der Waals surface area contributed by atoms with Crippen molar-refractivity contribution < 1.29 is 22.8 Å². The molecular weight excluding hydrogens is 490 g/mol. The minimum atomic E-state index is -3.86. The van der Waals surface area contributed by atoms with Gasteiger partial charge in [-0.1, -0.05) is 35.0 Å². The number of carbonyl (C=O) groups is 1. The van der Waals surface area contributed by atoms with E-state index in [-0.39, 0.29) is 28.7 Å². The molecule has 1 atom stereocenters. The Kier molecular flexibility index (Phi) is 7.09. The van der Waals surface area contributed by atoms with Crippen LogP contribution in [0.15, 0.2) is 88.3 Å². The highest BCUT2D eigenvalue weighted by molar-refractivity contribution is 7.92. The van der Waals surface area contributed by atoms with Crippen molar-refractivity contribution in [2.24, 2.45) is 0 Å². The SMILES string of the molecule is Cc1cc(NS(=O)(=O)c2ccc(NC(CC(=O)c3ccc(O)cc3)c3ccccc3Cl)cc2)no1. The van der Waals surface area contributed by atoms with Gasteiger partial charge in [-0.25, -0.2) is 8.42 Å². The first-order valence-electron chi connectivity index (χ1n) is 10.6. The van der Waals surface area contributed by atoms with Crippen LogP contribution in [0.1, 0.15) is 34.1 Å². The summed E-state index contributed by atoms with van der Waals surface area (Å²) in [4.78, 5) is 13.0. The van der Waals surface area contributed by atoms with Crippen LogP contribution < -0.4 is 10.0 Å². The van der Waals surface area contributed by atoms with Gasteiger partial charge in [0.2, 0.25) is 0 Å². The second-order valence-corrected chi connectivity index (χ2v) is 9.93. The molecular formula is C25H22ClN3O5S. The number of rotatable bonds is 9. The van der Waals surface area contributed by atoms with Gasteiger partial charge in [0.25, 0.3) is 10.0 Å². The average molecular weight is 512 g/mol. The molecule has 0 spiro atoms. The first kappa shape index (κ1) is 24.3. The van der Waals surface area contributed by atoms with Crippen molar-refractivity contribution in [3.63, 3.8) is 0 Å². The van der Waals surface area contributed by atoms with Gasteiger partial charge >= 0.3 is 0 Å². The van der Waals surface area contributed by atoms with Crippen LogP contribution in [-0.4, -0.2) is 24.5 Å². The highest BCUT2D eigenvalue weighted by atomic mass is 35.5. The van der Waals surface area contributed by atoms with Gasteiger partial charge in [0.1, 0.15) is 11.5 Å². The minimum Gasteiger partial charge on any atom is -0.508 e. The van der Waals surface area contributed by atoms with Crippen molar-refractivity contribution in [1.82, 2.24) is 5.16 Å². The summed E-state index contributed by atoms with van der Waals surface area (Å²) in [6.07, 6.45) is 0.0849. The Labute approximate surface area is 207 Å². The highest BCUT2D eigenvalue weighted by Gasteiger charge is 2.21. The molecule has 0 aliphatic heterocycles. The van der Waals surface area contributed by atoms with Gasteiger partial charge in [0.15, 0.2) is 11.6 Å². The van der Waals surface area contributed by atoms with Crippen molar-refractivity contribution in [3.05, 3.63) is 101 Å². The Hall–Kier alpha value is -3.82. The molecule has 0 aliphatic carbocycles. The lowest BCUT2D eigenvalue weighted by Crippen LogP contribution is -2.17. The van der Waals surface area contributed by atoms with E-state index in [1.807, 2.05) is 12.1 Å². The maximum absolute atomic E-state index is 12.9. The number of nitrogens with zero attached hydrogens (tertiary/aromatic N) is 1. The molecule has 3 aromatic carbocycles. The molecule has 0 radical (unpaired) electrons. The summed E-state index contributed by atoms with van der Waals surface area (Å²) in [5.41, 5.74) is 1.78. The van der Waals surface area contributed by atoms with E-state index in [0.29, 0.717) is 22.0 Å². The summed E-state index contributed by atoms with van der Waals surface area (Å²) in [5.74, 6) is 0.505. The zero-order valence-corrected chi connectivity index (χ0v) is 20.2. The van der Waals surface area contributed by atoms with Crippen LogP contribution in [-0.2, 0) is 10.0 Å². The van der Waals surface area contributed by atoms with E-state index in [4.69, 9.17) is 16.1 Å². The molecule has 35 heavy (non-hydrogen) atoms. The number of hydrogen-bond donors (Lipinski definition) is 3. The fourth-order valence-corrected chi connectivity index (χ4v) is 4.74. The number of phenolic OH excluding ortho intramolecular Hbond substituents is 1. The van der Waals surface area contributed by atoms with Gasteiger partial charge in [0.05, 0.1) is 10.9 Å². The van der Waals surface area contributed by atoms with Gasteiger partial charge in [-0.2, -0.15) is 0 Å². The number of anilines is 2. The molecule has 0 bridgehead atoms. The predicted molar refractivity (Wildman–Crippen MR) is 133 cm³/mol. The van der Waals surface area contributed by atoms with Crippen molar-refractivity contribution in [1.29, 1.82) is 0 Å². The summed E-state index contributed by atoms with van der Waals surface area (Å²) >= 11 is 6.41. The number of ketones is 1. The summed E-state index contributed by atoms with van der Waals surface area (Å²) < 4.78 is 32.5. The van der Waals surface area contributed by atoms with Crippen LogP contribution >= 0.6 is 11.6 Å². The quantitative estimate of drug-likeness (QED) is 0.251. The van der Waals surface area contributed by atoms with Gasteiger partial charge < -0.3 is 14.9 Å². The third-order valence-corrected chi connectivity index (χ3v) is 6.95. The number of hydrogen-bond acceptors (Lipinski definition) is 7. The maximum Gasteiger partial charge on any atom is 0.263 e. The number of phenols is 1. The molecule has 3 N–H and O–H groups in total. The number of carbonyl (C=O) groups excluding carboxylic acids is 1. The number of halogens is 1. The van der Waals surface area contributed by atoms with E-state index < -0.39 is 16.1 Å². The fraction of sp³-hybridized carbons (Fsp3) is 0.120. The zero-order valence-electron chi connectivity index (χ0n) is 18.6. The van der Waals surface area contributed by atoms with Crippen molar-refractivity contribution in [2.45, 2.75) is 24.3 Å². The number of nitrogens with one attached hydrogen (secondary N) is 2. The molecule has 0 aliphatic rings. The third-order valence-electron chi connectivity index (χ3n) is 5.23. The van der Waals surface area contributed by atoms with Crippen LogP contribution in [0, 0.1) is 6.92 Å². The first-order valence-corrected chi connectivity index (χ1v) is 12.5. The molecule has 1 unspecified atom stereocenters. The van der Waals surface area contributed by atoms with E-state index in [9.17, 15) is 18.3 Å². The Morgan fingerprint density at radius 1 is 1.06 bits per heavy atom. The normalized spacial score (nSPS) is 12.2. The van der Waals surface area contributed by atoms with E-state index in [1.54, 1.807) is 43.3 Å². The summed E-state index contributed by atoms with van der Waals surface area (Å²) in [5, 5.41) is 16.9. The van der Waals surface area contributed by atoms with Crippen molar-refractivity contribution in [2.75, 3.05) is 10.0 Å². The predicted octanol–water partition coefficient (Wildman–Crippen LogP) is 5.57. The number of aromatic hydroxyl groups is 1. The van der Waals surface area contributed by atoms with Crippen molar-refractivity contribution >= 4 is 38.9 Å². The van der Waals surface area contributed by atoms with E-state index in [2.05, 4.69) is 15.2 Å². The van der Waals surface area contributed by atoms with Gasteiger partial charge in [-0.3, -0.25) is 9.52 Å². The van der Waals surface area contributed by atoms with Crippen LogP contribution in [0.3, 0.4) is 0 Å². The van der Waals surface area contributed by atoms with Crippen LogP contribution in [0.5, 0.6) is 5.75 Å². The minimum absolute atomic E-state index is 0.0400. The lowest BCUT2D eigenvalue weighted by atomic mass is 9.97.